The van der Waals surface area contributed by atoms with Crippen LogP contribution in [0.25, 0.3) is 6.08 Å². The number of rotatable bonds is 5. The standard InChI is InChI=1S/C26H36O7/c1-16(2)22-19-15-26(5,30)20(31-17(3)27)13-14-25(4,29)24(32-19)23(22)33-21(28)12-11-18-9-7-6-8-10-18/h6-12,16,19-20,22-24,29-30H,13-15H2,1-5H3/t19-,20+,22-,23-,24+,25-,26-/m1/s1. The molecule has 1 aromatic carbocycles. The maximum absolute atomic E-state index is 12.7. The van der Waals surface area contributed by atoms with Gasteiger partial charge in [-0.1, -0.05) is 44.2 Å². The molecular weight excluding hydrogens is 424 g/mol. The summed E-state index contributed by atoms with van der Waals surface area (Å²) in [5.74, 6) is -1.20. The highest BCUT2D eigenvalue weighted by Crippen LogP contribution is 2.45. The summed E-state index contributed by atoms with van der Waals surface area (Å²) in [6.07, 6.45) is 1.01. The zero-order valence-electron chi connectivity index (χ0n) is 20.1. The molecule has 0 spiro atoms. The van der Waals surface area contributed by atoms with Gasteiger partial charge in [0.1, 0.15) is 23.9 Å². The van der Waals surface area contributed by atoms with E-state index < -0.39 is 47.6 Å². The number of hydrogen-bond acceptors (Lipinski definition) is 7. The molecule has 2 heterocycles. The number of aliphatic hydroxyl groups is 2. The van der Waals surface area contributed by atoms with Crippen LogP contribution >= 0.6 is 0 Å². The molecule has 1 aromatic rings. The number of benzene rings is 1. The molecule has 2 bridgehead atoms. The fraction of sp³-hybridized carbons (Fsp3) is 0.615. The molecule has 2 N–H and O–H groups in total. The van der Waals surface area contributed by atoms with Crippen molar-refractivity contribution in [1.29, 1.82) is 0 Å². The number of esters is 2. The molecule has 7 nitrogen and oxygen atoms in total. The van der Waals surface area contributed by atoms with Gasteiger partial charge in [-0.05, 0) is 44.2 Å². The van der Waals surface area contributed by atoms with Crippen LogP contribution in [0, 0.1) is 11.8 Å². The molecule has 2 aliphatic heterocycles. The Kier molecular flexibility index (Phi) is 7.66. The minimum absolute atomic E-state index is 0.0501. The Morgan fingerprint density at radius 1 is 1.12 bits per heavy atom. The highest BCUT2D eigenvalue weighted by Gasteiger charge is 2.57. The number of carbonyl (C=O) groups is 2. The van der Waals surface area contributed by atoms with Gasteiger partial charge in [-0.2, -0.15) is 0 Å². The quantitative estimate of drug-likeness (QED) is 0.514. The molecule has 33 heavy (non-hydrogen) atoms. The monoisotopic (exact) mass is 460 g/mol. The first kappa shape index (κ1) is 25.4. The van der Waals surface area contributed by atoms with Crippen molar-refractivity contribution in [2.45, 2.75) is 89.5 Å². The van der Waals surface area contributed by atoms with Crippen molar-refractivity contribution in [3.05, 3.63) is 42.0 Å². The molecule has 0 unspecified atom stereocenters. The van der Waals surface area contributed by atoms with Crippen molar-refractivity contribution >= 4 is 18.0 Å². The van der Waals surface area contributed by atoms with Crippen LogP contribution in [0.2, 0.25) is 0 Å². The van der Waals surface area contributed by atoms with E-state index in [-0.39, 0.29) is 31.1 Å². The summed E-state index contributed by atoms with van der Waals surface area (Å²) in [7, 11) is 0. The number of carbonyl (C=O) groups excluding carboxylic acids is 2. The van der Waals surface area contributed by atoms with Crippen molar-refractivity contribution in [3.63, 3.8) is 0 Å². The lowest BCUT2D eigenvalue weighted by Gasteiger charge is -2.38. The highest BCUT2D eigenvalue weighted by molar-refractivity contribution is 5.87. The van der Waals surface area contributed by atoms with Gasteiger partial charge in [0, 0.05) is 25.3 Å². The van der Waals surface area contributed by atoms with Gasteiger partial charge in [-0.25, -0.2) is 4.79 Å². The molecule has 2 fully saturated rings. The molecule has 0 aromatic heterocycles. The number of ether oxygens (including phenoxy) is 3. The predicted molar refractivity (Wildman–Crippen MR) is 123 cm³/mol. The fourth-order valence-electron chi connectivity index (χ4n) is 5.11. The van der Waals surface area contributed by atoms with Crippen LogP contribution in [0.15, 0.2) is 36.4 Å². The maximum atomic E-state index is 12.7. The highest BCUT2D eigenvalue weighted by atomic mass is 16.6. The molecule has 3 rings (SSSR count). The third-order valence-corrected chi connectivity index (χ3v) is 6.80. The van der Waals surface area contributed by atoms with Crippen molar-refractivity contribution in [3.8, 4) is 0 Å². The summed E-state index contributed by atoms with van der Waals surface area (Å²) in [5, 5.41) is 22.6. The van der Waals surface area contributed by atoms with Gasteiger partial charge in [0.15, 0.2) is 0 Å². The first-order valence-electron chi connectivity index (χ1n) is 11.6. The van der Waals surface area contributed by atoms with Crippen LogP contribution in [0.3, 0.4) is 0 Å². The van der Waals surface area contributed by atoms with E-state index in [0.717, 1.165) is 5.56 Å². The van der Waals surface area contributed by atoms with Crippen LogP contribution in [0.4, 0.5) is 0 Å². The van der Waals surface area contributed by atoms with Crippen molar-refractivity contribution < 1.29 is 34.0 Å². The topological polar surface area (TPSA) is 102 Å². The molecule has 0 radical (unpaired) electrons. The lowest BCUT2D eigenvalue weighted by molar-refractivity contribution is -0.167. The average Bonchev–Trinajstić information content (AvgIpc) is 3.08. The normalized spacial score (nSPS) is 36.8. The van der Waals surface area contributed by atoms with Crippen LogP contribution in [0.5, 0.6) is 0 Å². The predicted octanol–water partition coefficient (Wildman–Crippen LogP) is 3.27. The summed E-state index contributed by atoms with van der Waals surface area (Å²) in [6, 6.07) is 9.44. The molecule has 0 aliphatic carbocycles. The summed E-state index contributed by atoms with van der Waals surface area (Å²) in [4.78, 5) is 24.4. The summed E-state index contributed by atoms with van der Waals surface area (Å²) in [6.45, 7) is 8.58. The van der Waals surface area contributed by atoms with Gasteiger partial charge < -0.3 is 24.4 Å². The fourth-order valence-corrected chi connectivity index (χ4v) is 5.11. The Balaban J connectivity index is 1.87. The van der Waals surface area contributed by atoms with E-state index in [1.807, 2.05) is 44.2 Å². The Bertz CT molecular complexity index is 859. The summed E-state index contributed by atoms with van der Waals surface area (Å²) in [5.41, 5.74) is -1.84. The van der Waals surface area contributed by atoms with Gasteiger partial charge in [0.05, 0.1) is 11.7 Å². The average molecular weight is 461 g/mol. The Labute approximate surface area is 195 Å². The zero-order chi connectivity index (χ0) is 24.4. The van der Waals surface area contributed by atoms with Crippen molar-refractivity contribution in [1.82, 2.24) is 0 Å². The summed E-state index contributed by atoms with van der Waals surface area (Å²) >= 11 is 0. The van der Waals surface area contributed by atoms with Gasteiger partial charge >= 0.3 is 11.9 Å². The number of fused-ring (bicyclic) bond motifs is 2. The number of hydrogen-bond donors (Lipinski definition) is 2. The molecule has 0 amide bonds. The Morgan fingerprint density at radius 3 is 2.39 bits per heavy atom. The Morgan fingerprint density at radius 2 is 1.79 bits per heavy atom. The molecule has 7 heteroatoms. The molecule has 182 valence electrons. The van der Waals surface area contributed by atoms with Crippen LogP contribution in [-0.4, -0.2) is 57.8 Å². The first-order valence-corrected chi connectivity index (χ1v) is 11.6. The van der Waals surface area contributed by atoms with Gasteiger partial charge in [0.25, 0.3) is 0 Å². The molecule has 0 saturated carbocycles. The van der Waals surface area contributed by atoms with E-state index in [1.165, 1.54) is 13.0 Å². The van der Waals surface area contributed by atoms with E-state index >= 15 is 0 Å². The van der Waals surface area contributed by atoms with Crippen LogP contribution < -0.4 is 0 Å². The van der Waals surface area contributed by atoms with E-state index in [0.29, 0.717) is 0 Å². The minimum atomic E-state index is -1.36. The SMILES string of the molecule is CC(=O)O[C@H]1CC[C@@](C)(O)[C@H]2O[C@H](C[C@@]1(C)O)[C@@H](C(C)C)[C@H]2OC(=O)C=Cc1ccccc1. The second kappa shape index (κ2) is 9.95. The van der Waals surface area contributed by atoms with Crippen molar-refractivity contribution in [2.24, 2.45) is 11.8 Å². The second-order valence-electron chi connectivity index (χ2n) is 10.1. The first-order chi connectivity index (χ1) is 15.4. The van der Waals surface area contributed by atoms with Crippen LogP contribution in [0.1, 0.15) is 59.4 Å². The third-order valence-electron chi connectivity index (χ3n) is 6.80. The van der Waals surface area contributed by atoms with Crippen LogP contribution in [-0.2, 0) is 23.8 Å². The minimum Gasteiger partial charge on any atom is -0.460 e. The third kappa shape index (κ3) is 6.02. The lowest BCUT2D eigenvalue weighted by Crippen LogP contribution is -2.51. The Hall–Kier alpha value is -2.22. The summed E-state index contributed by atoms with van der Waals surface area (Å²) < 4.78 is 17.6. The van der Waals surface area contributed by atoms with E-state index in [1.54, 1.807) is 19.9 Å². The molecular formula is C26H36O7. The van der Waals surface area contributed by atoms with Gasteiger partial charge in [0.2, 0.25) is 0 Å². The second-order valence-corrected chi connectivity index (χ2v) is 10.1. The molecule has 2 saturated heterocycles. The van der Waals surface area contributed by atoms with Crippen molar-refractivity contribution in [2.75, 3.05) is 0 Å². The van der Waals surface area contributed by atoms with E-state index in [2.05, 4.69) is 0 Å². The smallest absolute Gasteiger partial charge is 0.331 e. The van der Waals surface area contributed by atoms with Gasteiger partial charge in [-0.15, -0.1) is 0 Å². The van der Waals surface area contributed by atoms with E-state index in [9.17, 15) is 19.8 Å². The maximum Gasteiger partial charge on any atom is 0.331 e. The molecule has 7 atom stereocenters. The largest absolute Gasteiger partial charge is 0.460 e. The van der Waals surface area contributed by atoms with E-state index in [4.69, 9.17) is 14.2 Å². The molecule has 2 aliphatic rings. The zero-order valence-corrected chi connectivity index (χ0v) is 20.1. The lowest BCUT2D eigenvalue weighted by atomic mass is 9.75. The van der Waals surface area contributed by atoms with Gasteiger partial charge in [-0.3, -0.25) is 4.79 Å².